The molecule has 0 bridgehead atoms. The fourth-order valence-corrected chi connectivity index (χ4v) is 2.10. The van der Waals surface area contributed by atoms with Gasteiger partial charge in [-0.2, -0.15) is 0 Å². The van der Waals surface area contributed by atoms with Crippen molar-refractivity contribution in [3.63, 3.8) is 0 Å². The number of carboxylic acid groups (broad SMARTS) is 1. The molecule has 4 heteroatoms. The second-order valence-corrected chi connectivity index (χ2v) is 4.27. The van der Waals surface area contributed by atoms with Gasteiger partial charge in [-0.05, 0) is 30.5 Å². The molecule has 17 heavy (non-hydrogen) atoms. The van der Waals surface area contributed by atoms with E-state index in [1.807, 2.05) is 35.9 Å². The maximum absolute atomic E-state index is 10.8. The van der Waals surface area contributed by atoms with Gasteiger partial charge in [0.15, 0.2) is 0 Å². The molecule has 0 saturated carbocycles. The Labute approximate surface area is 99.7 Å². The maximum atomic E-state index is 10.8. The van der Waals surface area contributed by atoms with Crippen LogP contribution in [0.5, 0.6) is 0 Å². The summed E-state index contributed by atoms with van der Waals surface area (Å²) in [5.41, 5.74) is 7.88. The van der Waals surface area contributed by atoms with Gasteiger partial charge in [-0.25, -0.2) is 0 Å². The quantitative estimate of drug-likeness (QED) is 0.846. The molecule has 4 nitrogen and oxygen atoms in total. The average molecular weight is 232 g/mol. The van der Waals surface area contributed by atoms with Crippen LogP contribution in [0.2, 0.25) is 0 Å². The normalized spacial score (nSPS) is 12.8. The molecule has 1 aromatic heterocycles. The molecule has 3 N–H and O–H groups in total. The highest BCUT2D eigenvalue weighted by molar-refractivity contribution is 5.81. The van der Waals surface area contributed by atoms with Crippen LogP contribution < -0.4 is 5.73 Å². The van der Waals surface area contributed by atoms with Gasteiger partial charge in [0.25, 0.3) is 0 Å². The number of fused-ring (bicyclic) bond motifs is 1. The second-order valence-electron chi connectivity index (χ2n) is 4.27. The molecule has 0 radical (unpaired) electrons. The summed E-state index contributed by atoms with van der Waals surface area (Å²) in [7, 11) is 0. The summed E-state index contributed by atoms with van der Waals surface area (Å²) in [4.78, 5) is 10.8. The van der Waals surface area contributed by atoms with E-state index in [9.17, 15) is 4.79 Å². The molecule has 0 aliphatic rings. The monoisotopic (exact) mass is 232 g/mol. The number of nitrogens with zero attached hydrogens (tertiary/aromatic N) is 1. The number of hydrogen-bond donors (Lipinski definition) is 2. The lowest BCUT2D eigenvalue weighted by atomic mass is 10.1. The molecule has 0 aliphatic heterocycles. The van der Waals surface area contributed by atoms with Gasteiger partial charge in [0.2, 0.25) is 0 Å². The Hall–Kier alpha value is -1.81. The third kappa shape index (κ3) is 2.31. The summed E-state index contributed by atoms with van der Waals surface area (Å²) in [6.45, 7) is 2.36. The first kappa shape index (κ1) is 11.7. The summed E-state index contributed by atoms with van der Waals surface area (Å²) >= 11 is 0. The van der Waals surface area contributed by atoms with Crippen molar-refractivity contribution in [1.82, 2.24) is 4.57 Å². The number of benzene rings is 1. The van der Waals surface area contributed by atoms with Crippen molar-refractivity contribution >= 4 is 16.9 Å². The average Bonchev–Trinajstić information content (AvgIpc) is 2.68. The first-order valence-corrected chi connectivity index (χ1v) is 5.61. The van der Waals surface area contributed by atoms with Crippen LogP contribution in [0.25, 0.3) is 10.9 Å². The van der Waals surface area contributed by atoms with Crippen molar-refractivity contribution in [3.8, 4) is 0 Å². The second kappa shape index (κ2) is 4.59. The van der Waals surface area contributed by atoms with E-state index in [1.54, 1.807) is 0 Å². The molecule has 2 aromatic rings. The van der Waals surface area contributed by atoms with Crippen molar-refractivity contribution in [2.24, 2.45) is 5.73 Å². The Morgan fingerprint density at radius 3 is 2.88 bits per heavy atom. The Morgan fingerprint density at radius 1 is 1.47 bits per heavy atom. The summed E-state index contributed by atoms with van der Waals surface area (Å²) in [6, 6.07) is 7.92. The summed E-state index contributed by atoms with van der Waals surface area (Å²) in [5.74, 6) is -0.825. The first-order valence-electron chi connectivity index (χ1n) is 5.61. The zero-order valence-corrected chi connectivity index (χ0v) is 9.76. The highest BCUT2D eigenvalue weighted by Gasteiger charge is 2.15. The minimum Gasteiger partial charge on any atom is -0.481 e. The van der Waals surface area contributed by atoms with E-state index in [4.69, 9.17) is 10.8 Å². The van der Waals surface area contributed by atoms with Crippen LogP contribution in [0.4, 0.5) is 0 Å². The predicted octanol–water partition coefficient (Wildman–Crippen LogP) is 1.92. The lowest BCUT2D eigenvalue weighted by Crippen LogP contribution is -2.21. The fraction of sp³-hybridized carbons (Fsp3) is 0.308. The fourth-order valence-electron chi connectivity index (χ4n) is 2.10. The molecule has 0 spiro atoms. The van der Waals surface area contributed by atoms with Crippen LogP contribution in [0.1, 0.15) is 18.0 Å². The van der Waals surface area contributed by atoms with Crippen LogP contribution in [-0.2, 0) is 4.79 Å². The molecule has 1 heterocycles. The van der Waals surface area contributed by atoms with Crippen molar-refractivity contribution in [2.45, 2.75) is 19.4 Å². The van der Waals surface area contributed by atoms with Crippen molar-refractivity contribution in [3.05, 3.63) is 36.0 Å². The Morgan fingerprint density at radius 2 is 2.24 bits per heavy atom. The molecule has 0 fully saturated rings. The smallest absolute Gasteiger partial charge is 0.305 e. The standard InChI is InChI=1S/C13H16N2O2/c1-9-2-3-12-10(6-9)4-5-15(12)11(8-14)7-13(16)17/h2-6,11H,7-8,14H2,1H3,(H,16,17). The number of hydrogen-bond acceptors (Lipinski definition) is 2. The molecule has 0 amide bonds. The number of aliphatic carboxylic acids is 1. The molecular formula is C13H16N2O2. The van der Waals surface area contributed by atoms with Gasteiger partial charge in [-0.3, -0.25) is 4.79 Å². The number of rotatable bonds is 4. The third-order valence-corrected chi connectivity index (χ3v) is 2.95. The van der Waals surface area contributed by atoms with Crippen molar-refractivity contribution in [1.29, 1.82) is 0 Å². The van der Waals surface area contributed by atoms with Gasteiger partial charge in [0.1, 0.15) is 0 Å². The SMILES string of the molecule is Cc1ccc2c(ccn2C(CN)CC(=O)O)c1. The van der Waals surface area contributed by atoms with E-state index in [1.165, 1.54) is 5.56 Å². The third-order valence-electron chi connectivity index (χ3n) is 2.95. The van der Waals surface area contributed by atoms with Crippen molar-refractivity contribution < 1.29 is 9.90 Å². The number of aromatic nitrogens is 1. The van der Waals surface area contributed by atoms with Gasteiger partial charge >= 0.3 is 5.97 Å². The first-order chi connectivity index (χ1) is 8.11. The molecule has 1 atom stereocenters. The highest BCUT2D eigenvalue weighted by Crippen LogP contribution is 2.22. The van der Waals surface area contributed by atoms with Gasteiger partial charge in [-0.1, -0.05) is 11.6 Å². The Bertz CT molecular complexity index is 545. The van der Waals surface area contributed by atoms with Crippen LogP contribution in [0, 0.1) is 6.92 Å². The Kier molecular flexibility index (Phi) is 3.15. The molecule has 2 rings (SSSR count). The minimum absolute atomic E-state index is 0.0498. The van der Waals surface area contributed by atoms with Gasteiger partial charge < -0.3 is 15.4 Å². The van der Waals surface area contributed by atoms with E-state index >= 15 is 0 Å². The van der Waals surface area contributed by atoms with Crippen LogP contribution in [0.3, 0.4) is 0 Å². The summed E-state index contributed by atoms with van der Waals surface area (Å²) in [6.07, 6.45) is 1.96. The molecule has 90 valence electrons. The lowest BCUT2D eigenvalue weighted by Gasteiger charge is -2.16. The van der Waals surface area contributed by atoms with Gasteiger partial charge in [0.05, 0.1) is 12.5 Å². The van der Waals surface area contributed by atoms with Crippen LogP contribution in [-0.4, -0.2) is 22.2 Å². The topological polar surface area (TPSA) is 68.2 Å². The largest absolute Gasteiger partial charge is 0.481 e. The predicted molar refractivity (Wildman–Crippen MR) is 67.0 cm³/mol. The van der Waals surface area contributed by atoms with Gasteiger partial charge in [-0.15, -0.1) is 0 Å². The van der Waals surface area contributed by atoms with E-state index < -0.39 is 5.97 Å². The minimum atomic E-state index is -0.825. The lowest BCUT2D eigenvalue weighted by molar-refractivity contribution is -0.137. The summed E-state index contributed by atoms with van der Waals surface area (Å²) in [5, 5.41) is 9.98. The number of carbonyl (C=O) groups is 1. The van der Waals surface area contributed by atoms with Crippen LogP contribution >= 0.6 is 0 Å². The highest BCUT2D eigenvalue weighted by atomic mass is 16.4. The number of carboxylic acids is 1. The molecular weight excluding hydrogens is 216 g/mol. The molecule has 0 saturated heterocycles. The van der Waals surface area contributed by atoms with Gasteiger partial charge in [0, 0.05) is 18.3 Å². The van der Waals surface area contributed by atoms with Crippen molar-refractivity contribution in [2.75, 3.05) is 6.54 Å². The molecule has 1 unspecified atom stereocenters. The van der Waals surface area contributed by atoms with E-state index in [0.717, 1.165) is 10.9 Å². The van der Waals surface area contributed by atoms with E-state index in [-0.39, 0.29) is 12.5 Å². The number of aryl methyl sites for hydroxylation is 1. The van der Waals surface area contributed by atoms with E-state index in [0.29, 0.717) is 6.54 Å². The van der Waals surface area contributed by atoms with Crippen LogP contribution in [0.15, 0.2) is 30.5 Å². The van der Waals surface area contributed by atoms with E-state index in [2.05, 4.69) is 6.07 Å². The maximum Gasteiger partial charge on any atom is 0.305 e. The summed E-state index contributed by atoms with van der Waals surface area (Å²) < 4.78 is 1.95. The Balaban J connectivity index is 2.43. The zero-order valence-electron chi connectivity index (χ0n) is 9.76. The zero-order chi connectivity index (χ0) is 12.4. The number of nitrogens with two attached hydrogens (primary N) is 1. The molecule has 0 aliphatic carbocycles. The molecule has 1 aromatic carbocycles.